The Labute approximate surface area is 128 Å². The van der Waals surface area contributed by atoms with Crippen LogP contribution in [0.4, 0.5) is 4.39 Å². The van der Waals surface area contributed by atoms with Crippen molar-refractivity contribution in [1.82, 2.24) is 4.90 Å². The molecule has 0 fully saturated rings. The highest BCUT2D eigenvalue weighted by Gasteiger charge is 2.18. The van der Waals surface area contributed by atoms with Crippen LogP contribution >= 0.6 is 23.2 Å². The first-order chi connectivity index (χ1) is 9.23. The zero-order chi connectivity index (χ0) is 15.4. The molecule has 0 aliphatic rings. The van der Waals surface area contributed by atoms with E-state index in [1.54, 1.807) is 7.05 Å². The Bertz CT molecular complexity index is 494. The van der Waals surface area contributed by atoms with Crippen molar-refractivity contribution in [3.63, 3.8) is 0 Å². The van der Waals surface area contributed by atoms with Crippen LogP contribution in [0.2, 0.25) is 10.0 Å². The van der Waals surface area contributed by atoms with Crippen LogP contribution in [0.15, 0.2) is 12.1 Å². The van der Waals surface area contributed by atoms with Crippen molar-refractivity contribution in [3.05, 3.63) is 33.6 Å². The molecule has 1 aromatic carbocycles. The lowest BCUT2D eigenvalue weighted by Gasteiger charge is -2.22. The second kappa shape index (κ2) is 7.25. The van der Waals surface area contributed by atoms with Crippen molar-refractivity contribution in [1.29, 1.82) is 0 Å². The summed E-state index contributed by atoms with van der Waals surface area (Å²) in [5.74, 6) is -0.664. The summed E-state index contributed by atoms with van der Waals surface area (Å²) in [5.41, 5.74) is 6.04. The van der Waals surface area contributed by atoms with Gasteiger partial charge in [0.25, 0.3) is 5.91 Å². The molecule has 0 aliphatic carbocycles. The van der Waals surface area contributed by atoms with E-state index in [9.17, 15) is 9.18 Å². The molecule has 1 atom stereocenters. The quantitative estimate of drug-likeness (QED) is 0.843. The monoisotopic (exact) mass is 320 g/mol. The molecular formula is C14H19Cl2FN2O. The largest absolute Gasteiger partial charge is 0.342 e. The highest BCUT2D eigenvalue weighted by Crippen LogP contribution is 2.25. The minimum atomic E-state index is -0.660. The number of nitrogens with zero attached hydrogens (tertiary/aromatic N) is 1. The number of benzene rings is 1. The average Bonchev–Trinajstić information content (AvgIpc) is 2.38. The van der Waals surface area contributed by atoms with E-state index in [0.717, 1.165) is 6.07 Å². The number of halogens is 3. The van der Waals surface area contributed by atoms with Gasteiger partial charge in [0.2, 0.25) is 0 Å². The Morgan fingerprint density at radius 2 is 1.95 bits per heavy atom. The molecule has 1 rings (SSSR count). The van der Waals surface area contributed by atoms with Crippen molar-refractivity contribution >= 4 is 29.1 Å². The molecule has 0 spiro atoms. The van der Waals surface area contributed by atoms with Gasteiger partial charge in [0.1, 0.15) is 5.82 Å². The van der Waals surface area contributed by atoms with Gasteiger partial charge in [-0.25, -0.2) is 4.39 Å². The fourth-order valence-corrected chi connectivity index (χ4v) is 2.13. The molecule has 0 saturated heterocycles. The minimum absolute atomic E-state index is 0.0164. The normalized spacial score (nSPS) is 12.6. The van der Waals surface area contributed by atoms with E-state index in [2.05, 4.69) is 0 Å². The topological polar surface area (TPSA) is 46.3 Å². The number of hydrogen-bond acceptors (Lipinski definition) is 2. The Balaban J connectivity index is 2.77. The average molecular weight is 321 g/mol. The summed E-state index contributed by atoms with van der Waals surface area (Å²) in [5, 5.41) is 0.0393. The smallest absolute Gasteiger partial charge is 0.255 e. The fraction of sp³-hybridized carbons (Fsp3) is 0.500. The summed E-state index contributed by atoms with van der Waals surface area (Å²) in [6, 6.07) is 2.31. The summed E-state index contributed by atoms with van der Waals surface area (Å²) in [7, 11) is 1.64. The Hall–Kier alpha value is -0.840. The lowest BCUT2D eigenvalue weighted by atomic mass is 10.0. The number of carbonyl (C=O) groups excluding carboxylic acids is 1. The molecule has 20 heavy (non-hydrogen) atoms. The molecule has 0 radical (unpaired) electrons. The predicted molar refractivity (Wildman–Crippen MR) is 80.8 cm³/mol. The van der Waals surface area contributed by atoms with Gasteiger partial charge in [-0.1, -0.05) is 37.0 Å². The third-order valence-corrected chi connectivity index (χ3v) is 3.84. The molecule has 1 aromatic rings. The highest BCUT2D eigenvalue weighted by molar-refractivity contribution is 6.36. The fourth-order valence-electron chi connectivity index (χ4n) is 1.67. The highest BCUT2D eigenvalue weighted by atomic mass is 35.5. The molecule has 1 amide bonds. The van der Waals surface area contributed by atoms with Gasteiger partial charge in [-0.3, -0.25) is 4.79 Å². The maximum absolute atomic E-state index is 13.4. The van der Waals surface area contributed by atoms with Crippen LogP contribution in [0.3, 0.4) is 0 Å². The van der Waals surface area contributed by atoms with E-state index < -0.39 is 5.82 Å². The maximum Gasteiger partial charge on any atom is 0.255 e. The first-order valence-electron chi connectivity index (χ1n) is 6.39. The summed E-state index contributed by atoms with van der Waals surface area (Å²) < 4.78 is 13.4. The van der Waals surface area contributed by atoms with Crippen LogP contribution in [0, 0.1) is 11.7 Å². The van der Waals surface area contributed by atoms with Crippen LogP contribution < -0.4 is 5.73 Å². The number of amides is 1. The first-order valence-corrected chi connectivity index (χ1v) is 7.15. The molecule has 3 nitrogen and oxygen atoms in total. The molecule has 112 valence electrons. The number of nitrogens with two attached hydrogens (primary N) is 1. The zero-order valence-electron chi connectivity index (χ0n) is 11.8. The standard InChI is InChI=1S/C14H19Cl2FN2O/c1-8(2)13(18)4-5-19(3)14(20)9-6-12(17)11(16)7-10(9)15/h6-8,13H,4-5,18H2,1-3H3. The van der Waals surface area contributed by atoms with Crippen LogP contribution in [0.5, 0.6) is 0 Å². The maximum atomic E-state index is 13.4. The van der Waals surface area contributed by atoms with E-state index in [1.165, 1.54) is 11.0 Å². The second-order valence-electron chi connectivity index (χ2n) is 5.17. The number of rotatable bonds is 5. The Morgan fingerprint density at radius 1 is 1.35 bits per heavy atom. The van der Waals surface area contributed by atoms with Gasteiger partial charge < -0.3 is 10.6 Å². The molecule has 6 heteroatoms. The first kappa shape index (κ1) is 17.2. The van der Waals surface area contributed by atoms with Gasteiger partial charge in [0, 0.05) is 19.6 Å². The van der Waals surface area contributed by atoms with Gasteiger partial charge >= 0.3 is 0 Å². The van der Waals surface area contributed by atoms with E-state index in [0.29, 0.717) is 18.9 Å². The molecule has 0 aromatic heterocycles. The van der Waals surface area contributed by atoms with Crippen molar-refractivity contribution in [2.45, 2.75) is 26.3 Å². The van der Waals surface area contributed by atoms with Gasteiger partial charge in [-0.2, -0.15) is 0 Å². The van der Waals surface area contributed by atoms with Crippen LogP contribution in [0.1, 0.15) is 30.6 Å². The Kier molecular flexibility index (Phi) is 6.24. The molecule has 0 heterocycles. The third kappa shape index (κ3) is 4.33. The molecule has 0 aliphatic heterocycles. The molecule has 1 unspecified atom stereocenters. The van der Waals surface area contributed by atoms with E-state index in [-0.39, 0.29) is 27.6 Å². The van der Waals surface area contributed by atoms with E-state index in [4.69, 9.17) is 28.9 Å². The number of carbonyl (C=O) groups is 1. The van der Waals surface area contributed by atoms with Crippen molar-refractivity contribution in [3.8, 4) is 0 Å². The molecule has 0 bridgehead atoms. The van der Waals surface area contributed by atoms with Crippen molar-refractivity contribution in [2.75, 3.05) is 13.6 Å². The van der Waals surface area contributed by atoms with Crippen LogP contribution in [-0.2, 0) is 0 Å². The van der Waals surface area contributed by atoms with E-state index >= 15 is 0 Å². The van der Waals surface area contributed by atoms with Gasteiger partial charge in [0.05, 0.1) is 15.6 Å². The summed E-state index contributed by atoms with van der Waals surface area (Å²) in [6.45, 7) is 4.54. The lowest BCUT2D eigenvalue weighted by molar-refractivity contribution is 0.0789. The van der Waals surface area contributed by atoms with Crippen LogP contribution in [-0.4, -0.2) is 30.4 Å². The summed E-state index contributed by atoms with van der Waals surface area (Å²) in [6.07, 6.45) is 0.674. The summed E-state index contributed by atoms with van der Waals surface area (Å²) in [4.78, 5) is 13.7. The molecule has 2 N–H and O–H groups in total. The lowest BCUT2D eigenvalue weighted by Crippen LogP contribution is -2.34. The van der Waals surface area contributed by atoms with Gasteiger partial charge in [-0.15, -0.1) is 0 Å². The zero-order valence-corrected chi connectivity index (χ0v) is 13.3. The summed E-state index contributed by atoms with van der Waals surface area (Å²) >= 11 is 11.5. The third-order valence-electron chi connectivity index (χ3n) is 3.24. The van der Waals surface area contributed by atoms with Crippen molar-refractivity contribution in [2.24, 2.45) is 11.7 Å². The van der Waals surface area contributed by atoms with Gasteiger partial charge in [-0.05, 0) is 24.5 Å². The molecule has 0 saturated carbocycles. The van der Waals surface area contributed by atoms with Crippen molar-refractivity contribution < 1.29 is 9.18 Å². The van der Waals surface area contributed by atoms with E-state index in [1.807, 2.05) is 13.8 Å². The second-order valence-corrected chi connectivity index (χ2v) is 5.98. The predicted octanol–water partition coefficient (Wildman–Crippen LogP) is 3.58. The minimum Gasteiger partial charge on any atom is -0.342 e. The molecular weight excluding hydrogens is 302 g/mol. The SMILES string of the molecule is CC(C)C(N)CCN(C)C(=O)c1cc(F)c(Cl)cc1Cl. The Morgan fingerprint density at radius 3 is 2.50 bits per heavy atom. The number of hydrogen-bond donors (Lipinski definition) is 1. The van der Waals surface area contributed by atoms with Crippen LogP contribution in [0.25, 0.3) is 0 Å². The van der Waals surface area contributed by atoms with Gasteiger partial charge in [0.15, 0.2) is 0 Å².